The standard InChI is InChI=1S/C16H18BrNO3/c17-12-3-1-2-11(8-12)10-4-6-18(7-5-10)15(19)13-9-14(13)16(20)21/h1-3,8,10,13-14H,4-7,9H2,(H,20,21). The average Bonchev–Trinajstić information content (AvgIpc) is 3.27. The molecule has 1 aromatic rings. The van der Waals surface area contributed by atoms with E-state index in [1.165, 1.54) is 5.56 Å². The van der Waals surface area contributed by atoms with Gasteiger partial charge in [-0.2, -0.15) is 0 Å². The molecule has 1 amide bonds. The Balaban J connectivity index is 1.56. The highest BCUT2D eigenvalue weighted by Crippen LogP contribution is 2.41. The first-order chi connectivity index (χ1) is 10.1. The summed E-state index contributed by atoms with van der Waals surface area (Å²) in [5, 5.41) is 8.91. The van der Waals surface area contributed by atoms with Crippen LogP contribution in [0.25, 0.3) is 0 Å². The molecule has 2 unspecified atom stereocenters. The molecule has 1 N–H and O–H groups in total. The number of benzene rings is 1. The molecular formula is C16H18BrNO3. The molecule has 1 aromatic carbocycles. The Hall–Kier alpha value is -1.36. The molecule has 1 saturated heterocycles. The molecule has 0 bridgehead atoms. The summed E-state index contributed by atoms with van der Waals surface area (Å²) >= 11 is 3.49. The number of carboxylic acid groups (broad SMARTS) is 1. The minimum atomic E-state index is -0.836. The van der Waals surface area contributed by atoms with Crippen LogP contribution >= 0.6 is 15.9 Å². The lowest BCUT2D eigenvalue weighted by Crippen LogP contribution is -2.39. The second kappa shape index (κ2) is 5.79. The number of carbonyl (C=O) groups is 2. The van der Waals surface area contributed by atoms with Gasteiger partial charge in [-0.15, -0.1) is 0 Å². The smallest absolute Gasteiger partial charge is 0.307 e. The molecule has 0 spiro atoms. The maximum absolute atomic E-state index is 12.2. The monoisotopic (exact) mass is 351 g/mol. The molecule has 0 aromatic heterocycles. The van der Waals surface area contributed by atoms with E-state index in [2.05, 4.69) is 28.1 Å². The van der Waals surface area contributed by atoms with Crippen molar-refractivity contribution in [2.45, 2.75) is 25.2 Å². The zero-order chi connectivity index (χ0) is 15.0. The van der Waals surface area contributed by atoms with E-state index < -0.39 is 11.9 Å². The van der Waals surface area contributed by atoms with Gasteiger partial charge in [0.2, 0.25) is 5.91 Å². The Morgan fingerprint density at radius 2 is 1.90 bits per heavy atom. The molecular weight excluding hydrogens is 334 g/mol. The maximum atomic E-state index is 12.2. The van der Waals surface area contributed by atoms with Crippen molar-refractivity contribution in [1.29, 1.82) is 0 Å². The molecule has 112 valence electrons. The summed E-state index contributed by atoms with van der Waals surface area (Å²) in [6, 6.07) is 8.33. The largest absolute Gasteiger partial charge is 0.481 e. The van der Waals surface area contributed by atoms with E-state index in [0.717, 1.165) is 30.4 Å². The van der Waals surface area contributed by atoms with Crippen LogP contribution in [0.2, 0.25) is 0 Å². The van der Waals surface area contributed by atoms with E-state index in [1.807, 2.05) is 17.0 Å². The Morgan fingerprint density at radius 3 is 2.48 bits per heavy atom. The summed E-state index contributed by atoms with van der Waals surface area (Å²) in [5.74, 6) is -1.03. The number of hydrogen-bond acceptors (Lipinski definition) is 2. The van der Waals surface area contributed by atoms with Gasteiger partial charge in [-0.1, -0.05) is 28.1 Å². The van der Waals surface area contributed by atoms with Crippen molar-refractivity contribution < 1.29 is 14.7 Å². The van der Waals surface area contributed by atoms with Crippen LogP contribution in [0, 0.1) is 11.8 Å². The third-order valence-corrected chi connectivity index (χ3v) is 5.04. The molecule has 2 fully saturated rings. The van der Waals surface area contributed by atoms with Crippen LogP contribution in [-0.4, -0.2) is 35.0 Å². The number of halogens is 1. The second-order valence-corrected chi connectivity index (χ2v) is 6.86. The Morgan fingerprint density at radius 1 is 1.19 bits per heavy atom. The van der Waals surface area contributed by atoms with Gasteiger partial charge in [-0.25, -0.2) is 0 Å². The number of carbonyl (C=O) groups excluding carboxylic acids is 1. The molecule has 4 nitrogen and oxygen atoms in total. The first-order valence-corrected chi connectivity index (χ1v) is 8.12. The first kappa shape index (κ1) is 14.6. The molecule has 1 saturated carbocycles. The van der Waals surface area contributed by atoms with Gasteiger partial charge in [0.25, 0.3) is 0 Å². The summed E-state index contributed by atoms with van der Waals surface area (Å²) in [7, 11) is 0. The van der Waals surface area contributed by atoms with E-state index in [0.29, 0.717) is 12.3 Å². The lowest BCUT2D eigenvalue weighted by Gasteiger charge is -2.32. The molecule has 2 atom stereocenters. The number of rotatable bonds is 3. The van der Waals surface area contributed by atoms with Crippen molar-refractivity contribution in [3.05, 3.63) is 34.3 Å². The fourth-order valence-electron chi connectivity index (χ4n) is 3.17. The van der Waals surface area contributed by atoms with Crippen LogP contribution in [-0.2, 0) is 9.59 Å². The number of aliphatic carboxylic acids is 1. The van der Waals surface area contributed by atoms with Gasteiger partial charge in [0.1, 0.15) is 0 Å². The highest BCUT2D eigenvalue weighted by molar-refractivity contribution is 9.10. The summed E-state index contributed by atoms with van der Waals surface area (Å²) in [6.45, 7) is 1.47. The van der Waals surface area contributed by atoms with E-state index in [-0.39, 0.29) is 11.8 Å². The SMILES string of the molecule is O=C(O)C1CC1C(=O)N1CCC(c2cccc(Br)c2)CC1. The van der Waals surface area contributed by atoms with Crippen molar-refractivity contribution in [3.63, 3.8) is 0 Å². The Labute approximate surface area is 132 Å². The fraction of sp³-hybridized carbons (Fsp3) is 0.500. The number of carboxylic acids is 1. The van der Waals surface area contributed by atoms with E-state index in [4.69, 9.17) is 5.11 Å². The molecule has 0 radical (unpaired) electrons. The van der Waals surface area contributed by atoms with Crippen molar-refractivity contribution in [3.8, 4) is 0 Å². The van der Waals surface area contributed by atoms with Crippen LogP contribution in [0.4, 0.5) is 0 Å². The molecule has 1 aliphatic carbocycles. The summed E-state index contributed by atoms with van der Waals surface area (Å²) in [5.41, 5.74) is 1.31. The maximum Gasteiger partial charge on any atom is 0.307 e. The fourth-order valence-corrected chi connectivity index (χ4v) is 3.59. The first-order valence-electron chi connectivity index (χ1n) is 7.33. The normalized spacial score (nSPS) is 25.7. The Bertz CT molecular complexity index is 566. The van der Waals surface area contributed by atoms with E-state index in [9.17, 15) is 9.59 Å². The van der Waals surface area contributed by atoms with Crippen LogP contribution in [0.1, 0.15) is 30.7 Å². The highest BCUT2D eigenvalue weighted by Gasteiger charge is 2.50. The predicted octanol–water partition coefficient (Wildman–Crippen LogP) is 2.88. The van der Waals surface area contributed by atoms with Gasteiger partial charge in [0.15, 0.2) is 0 Å². The number of nitrogens with zero attached hydrogens (tertiary/aromatic N) is 1. The molecule has 1 aliphatic heterocycles. The molecule has 2 aliphatic rings. The van der Waals surface area contributed by atoms with Crippen molar-refractivity contribution >= 4 is 27.8 Å². The third kappa shape index (κ3) is 3.12. The van der Waals surface area contributed by atoms with Crippen LogP contribution in [0.3, 0.4) is 0 Å². The molecule has 21 heavy (non-hydrogen) atoms. The van der Waals surface area contributed by atoms with Gasteiger partial charge in [0, 0.05) is 17.6 Å². The van der Waals surface area contributed by atoms with Gasteiger partial charge in [-0.3, -0.25) is 9.59 Å². The quantitative estimate of drug-likeness (QED) is 0.910. The molecule has 5 heteroatoms. The van der Waals surface area contributed by atoms with Crippen molar-refractivity contribution in [2.24, 2.45) is 11.8 Å². The number of amides is 1. The van der Waals surface area contributed by atoms with Crippen LogP contribution < -0.4 is 0 Å². The Kier molecular flexibility index (Phi) is 4.02. The zero-order valence-corrected chi connectivity index (χ0v) is 13.3. The zero-order valence-electron chi connectivity index (χ0n) is 11.7. The van der Waals surface area contributed by atoms with Gasteiger partial charge >= 0.3 is 5.97 Å². The topological polar surface area (TPSA) is 57.6 Å². The van der Waals surface area contributed by atoms with Crippen LogP contribution in [0.5, 0.6) is 0 Å². The van der Waals surface area contributed by atoms with Crippen molar-refractivity contribution in [2.75, 3.05) is 13.1 Å². The minimum Gasteiger partial charge on any atom is -0.481 e. The number of hydrogen-bond donors (Lipinski definition) is 1. The average molecular weight is 352 g/mol. The lowest BCUT2D eigenvalue weighted by atomic mass is 9.89. The second-order valence-electron chi connectivity index (χ2n) is 5.94. The van der Waals surface area contributed by atoms with Gasteiger partial charge in [0.05, 0.1) is 11.8 Å². The molecule has 1 heterocycles. The third-order valence-electron chi connectivity index (χ3n) is 4.55. The summed E-state index contributed by atoms with van der Waals surface area (Å²) in [6.07, 6.45) is 2.42. The summed E-state index contributed by atoms with van der Waals surface area (Å²) < 4.78 is 1.08. The summed E-state index contributed by atoms with van der Waals surface area (Å²) in [4.78, 5) is 24.9. The van der Waals surface area contributed by atoms with E-state index >= 15 is 0 Å². The molecule has 3 rings (SSSR count). The number of likely N-dealkylation sites (tertiary alicyclic amines) is 1. The van der Waals surface area contributed by atoms with Crippen molar-refractivity contribution in [1.82, 2.24) is 4.90 Å². The number of piperidine rings is 1. The van der Waals surface area contributed by atoms with E-state index in [1.54, 1.807) is 0 Å². The van der Waals surface area contributed by atoms with Crippen LogP contribution in [0.15, 0.2) is 28.7 Å². The van der Waals surface area contributed by atoms with Gasteiger partial charge < -0.3 is 10.0 Å². The predicted molar refractivity (Wildman–Crippen MR) is 81.9 cm³/mol. The highest BCUT2D eigenvalue weighted by atomic mass is 79.9. The minimum absolute atomic E-state index is 0.0371. The van der Waals surface area contributed by atoms with Gasteiger partial charge in [-0.05, 0) is 42.9 Å². The lowest BCUT2D eigenvalue weighted by molar-refractivity contribution is -0.142.